The number of fused-ring (bicyclic) bond motifs is 3. The SMILES string of the molecule is CCN(Cc1cc(O)c2c(c1Cl)C[C@H]1C[C@H]3[C@H](N(C)C)C(=O)C(C(N)=O)=C(O)[C@@]3(O)C(=O)C1=C2O)CC(F)(F)F. The number of Topliss-reactive ketones (excluding diaryl/α,β-unsaturated/α-hetero) is 2. The molecule has 3 aliphatic rings. The Morgan fingerprint density at radius 1 is 1.23 bits per heavy atom. The van der Waals surface area contributed by atoms with Crippen molar-refractivity contribution in [3.8, 4) is 5.75 Å². The third-order valence-electron chi connectivity index (χ3n) is 7.97. The molecule has 1 aromatic carbocycles. The van der Waals surface area contributed by atoms with E-state index in [1.54, 1.807) is 0 Å². The predicted octanol–water partition coefficient (Wildman–Crippen LogP) is 2.00. The fourth-order valence-electron chi connectivity index (χ4n) is 6.24. The van der Waals surface area contributed by atoms with Crippen molar-refractivity contribution >= 4 is 34.8 Å². The van der Waals surface area contributed by atoms with Gasteiger partial charge in [0.2, 0.25) is 5.78 Å². The van der Waals surface area contributed by atoms with Crippen LogP contribution in [0.3, 0.4) is 0 Å². The van der Waals surface area contributed by atoms with Crippen LogP contribution in [0.5, 0.6) is 5.75 Å². The Hall–Kier alpha value is -3.13. The molecule has 0 aliphatic heterocycles. The van der Waals surface area contributed by atoms with Crippen LogP contribution in [0, 0.1) is 11.8 Å². The van der Waals surface area contributed by atoms with Crippen molar-refractivity contribution in [1.82, 2.24) is 9.80 Å². The van der Waals surface area contributed by atoms with E-state index in [4.69, 9.17) is 17.3 Å². The number of halogens is 4. The lowest BCUT2D eigenvalue weighted by Crippen LogP contribution is -2.65. The molecule has 218 valence electrons. The lowest BCUT2D eigenvalue weighted by atomic mass is 9.57. The molecule has 0 radical (unpaired) electrons. The first kappa shape index (κ1) is 29.8. The molecular formula is C26H29ClF3N3O7. The first-order valence-corrected chi connectivity index (χ1v) is 12.8. The van der Waals surface area contributed by atoms with Gasteiger partial charge in [0.05, 0.1) is 18.2 Å². The molecule has 1 saturated carbocycles. The molecule has 3 aliphatic carbocycles. The summed E-state index contributed by atoms with van der Waals surface area (Å²) in [7, 11) is 2.96. The van der Waals surface area contributed by atoms with Gasteiger partial charge in [-0.05, 0) is 56.6 Å². The van der Waals surface area contributed by atoms with Crippen molar-refractivity contribution in [2.24, 2.45) is 17.6 Å². The lowest BCUT2D eigenvalue weighted by Gasteiger charge is -2.50. The molecule has 40 heavy (non-hydrogen) atoms. The zero-order valence-electron chi connectivity index (χ0n) is 21.8. The number of nitrogens with zero attached hydrogens (tertiary/aromatic N) is 2. The molecule has 0 unspecified atom stereocenters. The molecule has 10 nitrogen and oxygen atoms in total. The highest BCUT2D eigenvalue weighted by Crippen LogP contribution is 2.53. The van der Waals surface area contributed by atoms with E-state index in [1.165, 1.54) is 25.9 Å². The molecule has 6 N–H and O–H groups in total. The van der Waals surface area contributed by atoms with Crippen LogP contribution in [0.25, 0.3) is 5.76 Å². The Morgan fingerprint density at radius 3 is 2.38 bits per heavy atom. The quantitative estimate of drug-likeness (QED) is 0.313. The van der Waals surface area contributed by atoms with E-state index in [0.29, 0.717) is 0 Å². The normalized spacial score (nSPS) is 26.8. The Kier molecular flexibility index (Phi) is 7.50. The Morgan fingerprint density at radius 2 is 1.85 bits per heavy atom. The Labute approximate surface area is 232 Å². The third-order valence-corrected chi connectivity index (χ3v) is 8.44. The standard InChI is InChI=1S/C26H29ClF3N3O7/c1-4-33(9-25(28,29)30)8-11-7-14(34)16-12(18(11)27)5-10-6-13-19(32(2)3)21(36)17(24(31)39)23(38)26(13,40)22(37)15(10)20(16)35/h7,10,13,19,34-35,38,40H,4-6,8-9H2,1-3H3,(H2,31,39)/t10-,13-,19-,26-/m0/s1. The zero-order valence-corrected chi connectivity index (χ0v) is 22.6. The van der Waals surface area contributed by atoms with Crippen molar-refractivity contribution in [2.75, 3.05) is 27.2 Å². The smallest absolute Gasteiger partial charge is 0.401 e. The van der Waals surface area contributed by atoms with Crippen LogP contribution in [0.1, 0.15) is 30.0 Å². The maximum absolute atomic E-state index is 13.8. The van der Waals surface area contributed by atoms with Crippen LogP contribution in [-0.2, 0) is 27.3 Å². The summed E-state index contributed by atoms with van der Waals surface area (Å²) in [6.07, 6.45) is -4.68. The molecular weight excluding hydrogens is 559 g/mol. The number of rotatable bonds is 6. The van der Waals surface area contributed by atoms with Crippen LogP contribution in [-0.4, -0.2) is 92.7 Å². The third kappa shape index (κ3) is 4.54. The minimum absolute atomic E-state index is 0.00468. The van der Waals surface area contributed by atoms with Gasteiger partial charge >= 0.3 is 6.18 Å². The van der Waals surface area contributed by atoms with Gasteiger partial charge in [-0.15, -0.1) is 0 Å². The van der Waals surface area contributed by atoms with Crippen LogP contribution < -0.4 is 5.73 Å². The second-order valence-corrected chi connectivity index (χ2v) is 11.0. The van der Waals surface area contributed by atoms with Crippen molar-refractivity contribution in [1.29, 1.82) is 0 Å². The summed E-state index contributed by atoms with van der Waals surface area (Å²) in [5.41, 5.74) is 1.38. The Bertz CT molecular complexity index is 1370. The average molecular weight is 588 g/mol. The molecule has 0 aromatic heterocycles. The number of likely N-dealkylation sites (N-methyl/N-ethyl adjacent to an activating group) is 1. The molecule has 0 spiro atoms. The van der Waals surface area contributed by atoms with E-state index in [9.17, 15) is 48.0 Å². The van der Waals surface area contributed by atoms with Crippen molar-refractivity contribution in [2.45, 2.75) is 44.1 Å². The van der Waals surface area contributed by atoms with Gasteiger partial charge in [0.1, 0.15) is 22.8 Å². The van der Waals surface area contributed by atoms with E-state index < -0.39 is 76.5 Å². The van der Waals surface area contributed by atoms with Crippen molar-refractivity contribution < 1.29 is 48.0 Å². The summed E-state index contributed by atoms with van der Waals surface area (Å²) in [5.74, 6) is -7.99. The molecule has 1 fully saturated rings. The number of aliphatic hydroxyl groups excluding tert-OH is 2. The molecule has 14 heteroatoms. The number of hydrogen-bond donors (Lipinski definition) is 5. The van der Waals surface area contributed by atoms with Crippen molar-refractivity contribution in [3.63, 3.8) is 0 Å². The van der Waals surface area contributed by atoms with Gasteiger partial charge in [0.25, 0.3) is 5.91 Å². The molecule has 0 bridgehead atoms. The molecule has 4 rings (SSSR count). The average Bonchev–Trinajstić information content (AvgIpc) is 2.82. The monoisotopic (exact) mass is 587 g/mol. The molecule has 1 aromatic rings. The number of amides is 1. The minimum atomic E-state index is -4.47. The zero-order chi connectivity index (χ0) is 30.1. The maximum atomic E-state index is 13.8. The van der Waals surface area contributed by atoms with Crippen LogP contribution in [0.4, 0.5) is 13.2 Å². The first-order chi connectivity index (χ1) is 18.4. The van der Waals surface area contributed by atoms with Gasteiger partial charge in [-0.3, -0.25) is 24.2 Å². The largest absolute Gasteiger partial charge is 0.508 e. The Balaban J connectivity index is 1.86. The van der Waals surface area contributed by atoms with Gasteiger partial charge in [0.15, 0.2) is 11.4 Å². The highest BCUT2D eigenvalue weighted by atomic mass is 35.5. The summed E-state index contributed by atoms with van der Waals surface area (Å²) in [6.45, 7) is 0.0949. The predicted molar refractivity (Wildman–Crippen MR) is 136 cm³/mol. The number of primary amides is 1. The summed E-state index contributed by atoms with van der Waals surface area (Å²) >= 11 is 6.60. The molecule has 0 heterocycles. The van der Waals surface area contributed by atoms with Gasteiger partial charge in [-0.25, -0.2) is 0 Å². The number of phenolic OH excluding ortho intramolecular Hbond substituents is 1. The van der Waals surface area contributed by atoms with Gasteiger partial charge < -0.3 is 26.2 Å². The highest BCUT2D eigenvalue weighted by molar-refractivity contribution is 6.32. The van der Waals surface area contributed by atoms with Crippen LogP contribution in [0.15, 0.2) is 23.0 Å². The summed E-state index contributed by atoms with van der Waals surface area (Å²) < 4.78 is 39.0. The van der Waals surface area contributed by atoms with E-state index in [0.717, 1.165) is 11.0 Å². The van der Waals surface area contributed by atoms with E-state index in [-0.39, 0.29) is 53.2 Å². The number of aliphatic hydroxyl groups is 3. The van der Waals surface area contributed by atoms with Gasteiger partial charge in [0, 0.05) is 23.1 Å². The number of nitrogens with two attached hydrogens (primary N) is 1. The second-order valence-electron chi connectivity index (χ2n) is 10.6. The molecule has 1 amide bonds. The topological polar surface area (TPSA) is 165 Å². The number of phenols is 1. The number of benzene rings is 1. The fraction of sp³-hybridized carbons (Fsp3) is 0.500. The highest BCUT2D eigenvalue weighted by Gasteiger charge is 2.64. The van der Waals surface area contributed by atoms with Crippen LogP contribution in [0.2, 0.25) is 5.02 Å². The summed E-state index contributed by atoms with van der Waals surface area (Å²) in [6, 6.07) is -0.139. The van der Waals surface area contributed by atoms with E-state index >= 15 is 0 Å². The minimum Gasteiger partial charge on any atom is -0.508 e. The summed E-state index contributed by atoms with van der Waals surface area (Å²) in [5, 5.41) is 44.4. The molecule has 0 saturated heterocycles. The van der Waals surface area contributed by atoms with Gasteiger partial charge in [-0.1, -0.05) is 18.5 Å². The molecule has 4 atom stereocenters. The number of carbonyl (C=O) groups is 3. The second kappa shape index (κ2) is 10.1. The van der Waals surface area contributed by atoms with Gasteiger partial charge in [-0.2, -0.15) is 13.2 Å². The summed E-state index contributed by atoms with van der Waals surface area (Å²) in [4.78, 5) is 41.4. The van der Waals surface area contributed by atoms with Crippen molar-refractivity contribution in [3.05, 3.63) is 44.7 Å². The number of hydrogen-bond acceptors (Lipinski definition) is 9. The number of aromatic hydroxyl groups is 1. The fourth-order valence-corrected chi connectivity index (χ4v) is 6.52. The number of alkyl halides is 3. The number of carbonyl (C=O) groups excluding carboxylic acids is 3. The first-order valence-electron chi connectivity index (χ1n) is 12.4. The van der Waals surface area contributed by atoms with Crippen LogP contribution >= 0.6 is 11.6 Å². The maximum Gasteiger partial charge on any atom is 0.401 e. The van der Waals surface area contributed by atoms with E-state index in [1.807, 2.05) is 0 Å². The lowest BCUT2D eigenvalue weighted by molar-refractivity contribution is -0.153. The number of ketones is 2. The van der Waals surface area contributed by atoms with E-state index in [2.05, 4.69) is 0 Å².